The Bertz CT molecular complexity index is 921. The molecule has 23 heavy (non-hydrogen) atoms. The van der Waals surface area contributed by atoms with E-state index in [-0.39, 0.29) is 22.8 Å². The van der Waals surface area contributed by atoms with E-state index in [0.717, 1.165) is 0 Å². The van der Waals surface area contributed by atoms with E-state index in [2.05, 4.69) is 0 Å². The number of halogens is 2. The quantitative estimate of drug-likeness (QED) is 0.851. The number of hydrogen-bond acceptors (Lipinski definition) is 5. The molecule has 1 aromatic heterocycles. The molecule has 3 rings (SSSR count). The van der Waals surface area contributed by atoms with Crippen LogP contribution in [0.5, 0.6) is 5.75 Å². The highest BCUT2D eigenvalue weighted by Crippen LogP contribution is 2.45. The van der Waals surface area contributed by atoms with E-state index in [9.17, 15) is 10.1 Å². The van der Waals surface area contributed by atoms with E-state index >= 15 is 0 Å². The van der Waals surface area contributed by atoms with Crippen LogP contribution in [0.3, 0.4) is 0 Å². The Kier molecular flexibility index (Phi) is 3.80. The highest BCUT2D eigenvalue weighted by molar-refractivity contribution is 6.36. The van der Waals surface area contributed by atoms with Gasteiger partial charge in [0.15, 0.2) is 0 Å². The molecule has 0 amide bonds. The maximum Gasteiger partial charge on any atom is 0.343 e. The van der Waals surface area contributed by atoms with E-state index in [1.165, 1.54) is 6.07 Å². The summed E-state index contributed by atoms with van der Waals surface area (Å²) in [5.74, 6) is -0.338. The fraction of sp³-hybridized carbons (Fsp3) is 0.125. The standard InChI is InChI=1S/C16H10Cl2N2O3/c1-7-5-11-14(16(21)22-7)12(8(6-19)15(20)23-11)13-9(17)3-2-4-10(13)18/h2-5,12H,20H2,1H3/t12-/m1/s1. The van der Waals surface area contributed by atoms with Gasteiger partial charge in [0.25, 0.3) is 0 Å². The second kappa shape index (κ2) is 5.65. The van der Waals surface area contributed by atoms with Crippen molar-refractivity contribution < 1.29 is 9.15 Å². The Labute approximate surface area is 141 Å². The highest BCUT2D eigenvalue weighted by atomic mass is 35.5. The van der Waals surface area contributed by atoms with Crippen LogP contribution in [0.25, 0.3) is 0 Å². The zero-order valence-electron chi connectivity index (χ0n) is 11.9. The average Bonchev–Trinajstić information content (AvgIpc) is 2.46. The molecule has 1 aliphatic rings. The lowest BCUT2D eigenvalue weighted by Gasteiger charge is -2.26. The Morgan fingerprint density at radius 1 is 1.26 bits per heavy atom. The van der Waals surface area contributed by atoms with Crippen molar-refractivity contribution in [2.75, 3.05) is 0 Å². The second-order valence-electron chi connectivity index (χ2n) is 4.98. The average molecular weight is 349 g/mol. The maximum atomic E-state index is 12.4. The molecule has 0 bridgehead atoms. The van der Waals surface area contributed by atoms with Crippen molar-refractivity contribution in [3.05, 3.63) is 73.1 Å². The lowest BCUT2D eigenvalue weighted by atomic mass is 9.84. The summed E-state index contributed by atoms with van der Waals surface area (Å²) in [6, 6.07) is 8.43. The molecule has 0 radical (unpaired) electrons. The van der Waals surface area contributed by atoms with Gasteiger partial charge >= 0.3 is 5.63 Å². The number of nitrogens with zero attached hydrogens (tertiary/aromatic N) is 1. The lowest BCUT2D eigenvalue weighted by molar-refractivity contribution is 0.371. The summed E-state index contributed by atoms with van der Waals surface area (Å²) in [5.41, 5.74) is 5.85. The van der Waals surface area contributed by atoms with Crippen molar-refractivity contribution in [3.8, 4) is 11.8 Å². The molecule has 0 saturated carbocycles. The molecule has 2 aromatic rings. The molecule has 1 aliphatic heterocycles. The van der Waals surface area contributed by atoms with Crippen molar-refractivity contribution >= 4 is 23.2 Å². The lowest BCUT2D eigenvalue weighted by Crippen LogP contribution is -2.26. The van der Waals surface area contributed by atoms with Gasteiger partial charge in [0.05, 0.1) is 11.5 Å². The molecule has 7 heteroatoms. The first-order valence-electron chi connectivity index (χ1n) is 6.60. The normalized spacial score (nSPS) is 16.5. The van der Waals surface area contributed by atoms with Crippen LogP contribution in [0.1, 0.15) is 22.8 Å². The summed E-state index contributed by atoms with van der Waals surface area (Å²) in [6.07, 6.45) is 0. The zero-order valence-corrected chi connectivity index (χ0v) is 13.4. The van der Waals surface area contributed by atoms with Crippen LogP contribution in [0.4, 0.5) is 0 Å². The van der Waals surface area contributed by atoms with Gasteiger partial charge in [-0.25, -0.2) is 4.79 Å². The summed E-state index contributed by atoms with van der Waals surface area (Å²) in [4.78, 5) is 12.4. The van der Waals surface area contributed by atoms with Gasteiger partial charge in [0, 0.05) is 21.7 Å². The Balaban J connectivity index is 2.40. The Morgan fingerprint density at radius 3 is 2.52 bits per heavy atom. The third kappa shape index (κ3) is 2.46. The molecule has 0 unspecified atom stereocenters. The minimum absolute atomic E-state index is 0.0589. The van der Waals surface area contributed by atoms with E-state index in [0.29, 0.717) is 21.4 Å². The second-order valence-corrected chi connectivity index (χ2v) is 5.80. The highest BCUT2D eigenvalue weighted by Gasteiger charge is 2.36. The number of aryl methyl sites for hydroxylation is 1. The monoisotopic (exact) mass is 348 g/mol. The summed E-state index contributed by atoms with van der Waals surface area (Å²) in [6.45, 7) is 1.61. The minimum atomic E-state index is -0.846. The first-order chi connectivity index (χ1) is 10.9. The van der Waals surface area contributed by atoms with E-state index in [1.807, 2.05) is 6.07 Å². The minimum Gasteiger partial charge on any atom is -0.440 e. The Morgan fingerprint density at radius 2 is 1.91 bits per heavy atom. The summed E-state index contributed by atoms with van der Waals surface area (Å²) in [5, 5.41) is 10.1. The number of nitriles is 1. The van der Waals surface area contributed by atoms with Crippen molar-refractivity contribution in [3.63, 3.8) is 0 Å². The molecule has 0 aliphatic carbocycles. The molecule has 1 atom stereocenters. The van der Waals surface area contributed by atoms with Gasteiger partial charge in [-0.1, -0.05) is 29.3 Å². The zero-order chi connectivity index (χ0) is 16.7. The van der Waals surface area contributed by atoms with Crippen molar-refractivity contribution in [2.45, 2.75) is 12.8 Å². The van der Waals surface area contributed by atoms with E-state index in [4.69, 9.17) is 38.1 Å². The molecular formula is C16H10Cl2N2O3. The number of ether oxygens (including phenoxy) is 1. The molecule has 2 N–H and O–H groups in total. The summed E-state index contributed by atoms with van der Waals surface area (Å²) < 4.78 is 10.6. The van der Waals surface area contributed by atoms with Crippen LogP contribution >= 0.6 is 23.2 Å². The maximum absolute atomic E-state index is 12.4. The van der Waals surface area contributed by atoms with Crippen LogP contribution in [0.2, 0.25) is 10.0 Å². The molecule has 0 spiro atoms. The molecule has 116 valence electrons. The smallest absolute Gasteiger partial charge is 0.343 e. The fourth-order valence-corrected chi connectivity index (χ4v) is 3.21. The predicted molar refractivity (Wildman–Crippen MR) is 85.5 cm³/mol. The molecule has 0 saturated heterocycles. The van der Waals surface area contributed by atoms with Gasteiger partial charge in [0.1, 0.15) is 23.2 Å². The number of fused-ring (bicyclic) bond motifs is 1. The van der Waals surface area contributed by atoms with Crippen molar-refractivity contribution in [1.82, 2.24) is 0 Å². The van der Waals surface area contributed by atoms with E-state index in [1.54, 1.807) is 25.1 Å². The topological polar surface area (TPSA) is 89.2 Å². The number of rotatable bonds is 1. The van der Waals surface area contributed by atoms with Crippen LogP contribution < -0.4 is 16.1 Å². The van der Waals surface area contributed by atoms with Gasteiger partial charge in [-0.2, -0.15) is 5.26 Å². The largest absolute Gasteiger partial charge is 0.440 e. The summed E-state index contributed by atoms with van der Waals surface area (Å²) >= 11 is 12.5. The molecule has 2 heterocycles. The van der Waals surface area contributed by atoms with E-state index < -0.39 is 11.5 Å². The van der Waals surface area contributed by atoms with Gasteiger partial charge in [-0.3, -0.25) is 0 Å². The first-order valence-corrected chi connectivity index (χ1v) is 7.35. The molecular weight excluding hydrogens is 339 g/mol. The molecule has 0 fully saturated rings. The van der Waals surface area contributed by atoms with Crippen LogP contribution in [0.15, 0.2) is 44.9 Å². The van der Waals surface area contributed by atoms with Crippen LogP contribution in [-0.4, -0.2) is 0 Å². The molecule has 5 nitrogen and oxygen atoms in total. The number of benzene rings is 1. The van der Waals surface area contributed by atoms with Gasteiger partial charge < -0.3 is 14.9 Å². The number of allylic oxidation sites excluding steroid dienone is 1. The van der Waals surface area contributed by atoms with Gasteiger partial charge in [-0.05, 0) is 19.1 Å². The van der Waals surface area contributed by atoms with Crippen LogP contribution in [0, 0.1) is 18.3 Å². The SMILES string of the molecule is Cc1cc2c(c(=O)o1)[C@@H](c1c(Cl)cccc1Cl)C(C#N)=C(N)O2. The van der Waals surface area contributed by atoms with Crippen LogP contribution in [-0.2, 0) is 0 Å². The molecule has 1 aromatic carbocycles. The van der Waals surface area contributed by atoms with Gasteiger partial charge in [0.2, 0.25) is 5.88 Å². The van der Waals surface area contributed by atoms with Gasteiger partial charge in [-0.15, -0.1) is 0 Å². The van der Waals surface area contributed by atoms with Crippen molar-refractivity contribution in [2.24, 2.45) is 5.73 Å². The number of hydrogen-bond donors (Lipinski definition) is 1. The summed E-state index contributed by atoms with van der Waals surface area (Å²) in [7, 11) is 0. The fourth-order valence-electron chi connectivity index (χ4n) is 2.59. The first kappa shape index (κ1) is 15.5. The number of nitrogens with two attached hydrogens (primary N) is 1. The third-order valence-corrected chi connectivity index (χ3v) is 4.20. The third-order valence-electron chi connectivity index (χ3n) is 3.54. The Hall–Kier alpha value is -2.42. The van der Waals surface area contributed by atoms with Crippen molar-refractivity contribution in [1.29, 1.82) is 5.26 Å². The predicted octanol–water partition coefficient (Wildman–Crippen LogP) is 3.47.